The number of ether oxygens (including phenoxy) is 1. The normalized spacial score (nSPS) is 11.0. The fraction of sp³-hybridized carbons (Fsp3) is 0.105. The smallest absolute Gasteiger partial charge is 0.214 e. The molecule has 0 fully saturated rings. The molecule has 0 radical (unpaired) electrons. The summed E-state index contributed by atoms with van der Waals surface area (Å²) >= 11 is 0. The van der Waals surface area contributed by atoms with Crippen LogP contribution in [-0.2, 0) is 7.05 Å². The molecule has 4 heteroatoms. The van der Waals surface area contributed by atoms with Gasteiger partial charge in [0, 0.05) is 25.0 Å². The Morgan fingerprint density at radius 3 is 2.26 bits per heavy atom. The summed E-state index contributed by atoms with van der Waals surface area (Å²) in [5, 5.41) is 0. The molecule has 4 rings (SSSR count). The van der Waals surface area contributed by atoms with Gasteiger partial charge in [0.05, 0.1) is 18.5 Å². The van der Waals surface area contributed by atoms with Gasteiger partial charge in [0.1, 0.15) is 5.75 Å². The average molecular weight is 303 g/mol. The van der Waals surface area contributed by atoms with Gasteiger partial charge in [-0.2, -0.15) is 0 Å². The maximum Gasteiger partial charge on any atom is 0.214 e. The molecule has 4 nitrogen and oxygen atoms in total. The van der Waals surface area contributed by atoms with Gasteiger partial charge in [0.25, 0.3) is 0 Å². The fourth-order valence-electron chi connectivity index (χ4n) is 2.83. The lowest BCUT2D eigenvalue weighted by Crippen LogP contribution is -1.93. The number of hydrogen-bond donors (Lipinski definition) is 0. The number of rotatable bonds is 3. The molecule has 4 aromatic rings. The van der Waals surface area contributed by atoms with E-state index in [9.17, 15) is 0 Å². The van der Waals surface area contributed by atoms with Gasteiger partial charge >= 0.3 is 0 Å². The van der Waals surface area contributed by atoms with Gasteiger partial charge in [0.15, 0.2) is 0 Å². The molecule has 0 atom stereocenters. The predicted molar refractivity (Wildman–Crippen MR) is 91.6 cm³/mol. The molecule has 114 valence electrons. The minimum Gasteiger partial charge on any atom is -0.497 e. The second-order valence-electron chi connectivity index (χ2n) is 5.50. The lowest BCUT2D eigenvalue weighted by molar-refractivity contribution is 0.415. The van der Waals surface area contributed by atoms with Gasteiger partial charge in [-0.25, -0.2) is 4.98 Å². The van der Waals surface area contributed by atoms with Gasteiger partial charge in [0.2, 0.25) is 5.78 Å². The van der Waals surface area contributed by atoms with Crippen molar-refractivity contribution >= 4 is 5.78 Å². The summed E-state index contributed by atoms with van der Waals surface area (Å²) in [6.07, 6.45) is 4.17. The highest BCUT2D eigenvalue weighted by molar-refractivity contribution is 5.67. The van der Waals surface area contributed by atoms with Crippen LogP contribution in [0.1, 0.15) is 0 Å². The third-order valence-corrected chi connectivity index (χ3v) is 4.09. The van der Waals surface area contributed by atoms with Gasteiger partial charge in [-0.1, -0.05) is 30.3 Å². The first-order chi connectivity index (χ1) is 11.3. The molecule has 0 saturated heterocycles. The molecule has 0 amide bonds. The van der Waals surface area contributed by atoms with Gasteiger partial charge < -0.3 is 9.30 Å². The molecule has 23 heavy (non-hydrogen) atoms. The highest BCUT2D eigenvalue weighted by Crippen LogP contribution is 2.26. The van der Waals surface area contributed by atoms with Crippen LogP contribution in [0.15, 0.2) is 67.0 Å². The van der Waals surface area contributed by atoms with Crippen LogP contribution in [0, 0.1) is 0 Å². The van der Waals surface area contributed by atoms with E-state index < -0.39 is 0 Å². The van der Waals surface area contributed by atoms with Crippen molar-refractivity contribution in [3.05, 3.63) is 67.0 Å². The number of methoxy groups -OCH3 is 1. The number of aromatic nitrogens is 3. The molecule has 2 aromatic carbocycles. The molecule has 0 aliphatic heterocycles. The second kappa shape index (κ2) is 5.32. The molecule has 0 unspecified atom stereocenters. The molecule has 0 aliphatic rings. The number of nitrogens with zero attached hydrogens (tertiary/aromatic N) is 3. The Kier molecular flexibility index (Phi) is 3.15. The highest BCUT2D eigenvalue weighted by atomic mass is 16.5. The number of aryl methyl sites for hydroxylation is 1. The average Bonchev–Trinajstić information content (AvgIpc) is 3.16. The third kappa shape index (κ3) is 2.28. The van der Waals surface area contributed by atoms with E-state index in [1.54, 1.807) is 7.11 Å². The Balaban J connectivity index is 1.78. The number of imidazole rings is 2. The molecule has 2 heterocycles. The first-order valence-corrected chi connectivity index (χ1v) is 7.50. The first-order valence-electron chi connectivity index (χ1n) is 7.50. The lowest BCUT2D eigenvalue weighted by atomic mass is 10.1. The Morgan fingerprint density at radius 1 is 0.870 bits per heavy atom. The van der Waals surface area contributed by atoms with Crippen LogP contribution in [-0.4, -0.2) is 21.1 Å². The molecule has 0 bridgehead atoms. The van der Waals surface area contributed by atoms with E-state index in [2.05, 4.69) is 45.6 Å². The Labute approximate surface area is 134 Å². The molecule has 2 aromatic heterocycles. The molecular formula is C19H17N3O. The van der Waals surface area contributed by atoms with Crippen LogP contribution in [0.5, 0.6) is 5.75 Å². The summed E-state index contributed by atoms with van der Waals surface area (Å²) in [4.78, 5) is 4.76. The summed E-state index contributed by atoms with van der Waals surface area (Å²) in [6.45, 7) is 0. The SMILES string of the molecule is COc1ccc(-c2cn3cc(-c4ccccc4)nc3n2C)cc1. The lowest BCUT2D eigenvalue weighted by Gasteiger charge is -2.04. The van der Waals surface area contributed by atoms with Crippen LogP contribution >= 0.6 is 0 Å². The number of fused-ring (bicyclic) bond motifs is 1. The van der Waals surface area contributed by atoms with Crippen LogP contribution < -0.4 is 4.74 Å². The predicted octanol–water partition coefficient (Wildman–Crippen LogP) is 4.02. The van der Waals surface area contributed by atoms with Crippen molar-refractivity contribution in [2.75, 3.05) is 7.11 Å². The molecular weight excluding hydrogens is 286 g/mol. The van der Waals surface area contributed by atoms with Crippen molar-refractivity contribution < 1.29 is 4.74 Å². The van der Waals surface area contributed by atoms with Crippen molar-refractivity contribution in [1.82, 2.24) is 14.0 Å². The minimum atomic E-state index is 0.860. The summed E-state index contributed by atoms with van der Waals surface area (Å²) < 4.78 is 9.40. The zero-order chi connectivity index (χ0) is 15.8. The summed E-state index contributed by atoms with van der Waals surface area (Å²) in [5.74, 6) is 1.79. The highest BCUT2D eigenvalue weighted by Gasteiger charge is 2.12. The second-order valence-corrected chi connectivity index (χ2v) is 5.50. The van der Waals surface area contributed by atoms with Gasteiger partial charge in [-0.05, 0) is 29.8 Å². The van der Waals surface area contributed by atoms with Crippen LogP contribution in [0.25, 0.3) is 28.3 Å². The molecule has 0 N–H and O–H groups in total. The zero-order valence-electron chi connectivity index (χ0n) is 13.1. The first kappa shape index (κ1) is 13.6. The van der Waals surface area contributed by atoms with E-state index in [0.29, 0.717) is 0 Å². The van der Waals surface area contributed by atoms with Crippen molar-refractivity contribution in [2.24, 2.45) is 7.05 Å². The summed E-state index contributed by atoms with van der Waals surface area (Å²) in [7, 11) is 3.72. The van der Waals surface area contributed by atoms with E-state index >= 15 is 0 Å². The monoisotopic (exact) mass is 303 g/mol. The fourth-order valence-corrected chi connectivity index (χ4v) is 2.83. The summed E-state index contributed by atoms with van der Waals surface area (Å²) in [6, 6.07) is 18.3. The van der Waals surface area contributed by atoms with Crippen LogP contribution in [0.4, 0.5) is 0 Å². The van der Waals surface area contributed by atoms with Crippen molar-refractivity contribution in [3.63, 3.8) is 0 Å². The number of hydrogen-bond acceptors (Lipinski definition) is 2. The zero-order valence-corrected chi connectivity index (χ0v) is 13.1. The standard InChI is InChI=1S/C19H17N3O/c1-21-18(15-8-10-16(23-2)11-9-15)13-22-12-17(20-19(21)22)14-6-4-3-5-7-14/h3-13H,1-2H3. The van der Waals surface area contributed by atoms with Crippen molar-refractivity contribution in [2.45, 2.75) is 0 Å². The van der Waals surface area contributed by atoms with E-state index in [1.807, 2.05) is 37.4 Å². The summed E-state index contributed by atoms with van der Waals surface area (Å²) in [5.41, 5.74) is 4.37. The maximum absolute atomic E-state index is 5.22. The quantitative estimate of drug-likeness (QED) is 0.572. The molecule has 0 aliphatic carbocycles. The number of benzene rings is 2. The van der Waals surface area contributed by atoms with Gasteiger partial charge in [-0.15, -0.1) is 0 Å². The Morgan fingerprint density at radius 2 is 1.61 bits per heavy atom. The topological polar surface area (TPSA) is 31.5 Å². The third-order valence-electron chi connectivity index (χ3n) is 4.09. The van der Waals surface area contributed by atoms with E-state index in [1.165, 1.54) is 0 Å². The van der Waals surface area contributed by atoms with Crippen molar-refractivity contribution in [1.29, 1.82) is 0 Å². The largest absolute Gasteiger partial charge is 0.497 e. The minimum absolute atomic E-state index is 0.860. The van der Waals surface area contributed by atoms with Crippen LogP contribution in [0.3, 0.4) is 0 Å². The Hall–Kier alpha value is -3.01. The van der Waals surface area contributed by atoms with Gasteiger partial charge in [-0.3, -0.25) is 4.40 Å². The van der Waals surface area contributed by atoms with E-state index in [4.69, 9.17) is 9.72 Å². The molecule has 0 spiro atoms. The van der Waals surface area contributed by atoms with Crippen LogP contribution in [0.2, 0.25) is 0 Å². The van der Waals surface area contributed by atoms with E-state index in [0.717, 1.165) is 34.0 Å². The van der Waals surface area contributed by atoms with Crippen molar-refractivity contribution in [3.8, 4) is 28.3 Å². The molecule has 0 saturated carbocycles. The Bertz CT molecular complexity index is 950. The maximum atomic E-state index is 5.22. The van der Waals surface area contributed by atoms with E-state index in [-0.39, 0.29) is 0 Å².